The van der Waals surface area contributed by atoms with Gasteiger partial charge in [-0.3, -0.25) is 19.6 Å². The van der Waals surface area contributed by atoms with Crippen molar-refractivity contribution >= 4 is 17.7 Å². The summed E-state index contributed by atoms with van der Waals surface area (Å²) >= 11 is 0. The minimum atomic E-state index is -0.861. The van der Waals surface area contributed by atoms with Gasteiger partial charge < -0.3 is 10.6 Å². The van der Waals surface area contributed by atoms with E-state index in [0.29, 0.717) is 24.8 Å². The summed E-state index contributed by atoms with van der Waals surface area (Å²) in [5, 5.41) is 14.9. The van der Waals surface area contributed by atoms with E-state index in [4.69, 9.17) is 5.21 Å². The molecule has 0 fully saturated rings. The molecule has 0 radical (unpaired) electrons. The van der Waals surface area contributed by atoms with Gasteiger partial charge in [-0.1, -0.05) is 93.6 Å². The summed E-state index contributed by atoms with van der Waals surface area (Å²) in [5.41, 5.74) is 3.99. The standard InChI is InChI=1S/C33H40FN3O4/c1-22(24-13-7-5-8-14-24)35-32(40)30(33(2,3)4)36-31(39)26(21-29(38)37-41)17-11-12-23-18-19-27(28(34)20-23)25-15-9-6-10-16-25/h5-10,13-16,18-20,22,26,30,41H,11-12,17,21H2,1-4H3,(H,35,40)(H,36,39)(H,37,38)/t22-,26-,30-/m1/s1. The molecule has 0 aromatic heterocycles. The largest absolute Gasteiger partial charge is 0.348 e. The molecule has 3 atom stereocenters. The van der Waals surface area contributed by atoms with Crippen LogP contribution < -0.4 is 16.1 Å². The second-order valence-corrected chi connectivity index (χ2v) is 11.5. The van der Waals surface area contributed by atoms with Crippen molar-refractivity contribution in [3.05, 3.63) is 95.8 Å². The smallest absolute Gasteiger partial charge is 0.244 e. The highest BCUT2D eigenvalue weighted by Gasteiger charge is 2.35. The molecule has 7 nitrogen and oxygen atoms in total. The number of rotatable bonds is 12. The lowest BCUT2D eigenvalue weighted by molar-refractivity contribution is -0.137. The normalized spacial score (nSPS) is 13.5. The fraction of sp³-hybridized carbons (Fsp3) is 0.364. The van der Waals surface area contributed by atoms with E-state index in [-0.39, 0.29) is 24.2 Å². The first-order valence-corrected chi connectivity index (χ1v) is 13.9. The molecule has 0 bridgehead atoms. The van der Waals surface area contributed by atoms with E-state index in [1.165, 1.54) is 6.07 Å². The lowest BCUT2D eigenvalue weighted by Gasteiger charge is -2.32. The van der Waals surface area contributed by atoms with E-state index in [1.807, 2.05) is 94.4 Å². The molecule has 3 rings (SSSR count). The van der Waals surface area contributed by atoms with Gasteiger partial charge in [0.2, 0.25) is 17.7 Å². The van der Waals surface area contributed by atoms with Crippen molar-refractivity contribution in [2.75, 3.05) is 0 Å². The van der Waals surface area contributed by atoms with Gasteiger partial charge in [0.15, 0.2) is 0 Å². The van der Waals surface area contributed by atoms with E-state index in [2.05, 4.69) is 10.6 Å². The third kappa shape index (κ3) is 9.25. The van der Waals surface area contributed by atoms with Crippen LogP contribution in [0.2, 0.25) is 0 Å². The number of aryl methyl sites for hydroxylation is 1. The molecule has 0 unspecified atom stereocenters. The first-order valence-electron chi connectivity index (χ1n) is 13.9. The number of hydrogen-bond acceptors (Lipinski definition) is 4. The second-order valence-electron chi connectivity index (χ2n) is 11.5. The average molecular weight is 562 g/mol. The number of carbonyl (C=O) groups is 3. The van der Waals surface area contributed by atoms with E-state index in [0.717, 1.165) is 16.7 Å². The first kappa shape index (κ1) is 31.5. The third-order valence-electron chi connectivity index (χ3n) is 7.14. The summed E-state index contributed by atoms with van der Waals surface area (Å²) in [6.07, 6.45) is 1.05. The summed E-state index contributed by atoms with van der Waals surface area (Å²) in [4.78, 5) is 38.7. The van der Waals surface area contributed by atoms with Crippen LogP contribution in [0.1, 0.15) is 64.1 Å². The molecule has 4 N–H and O–H groups in total. The lowest BCUT2D eigenvalue weighted by Crippen LogP contribution is -2.55. The Labute approximate surface area is 241 Å². The van der Waals surface area contributed by atoms with Crippen LogP contribution in [0.4, 0.5) is 4.39 Å². The zero-order chi connectivity index (χ0) is 30.0. The zero-order valence-corrected chi connectivity index (χ0v) is 24.1. The predicted molar refractivity (Wildman–Crippen MR) is 157 cm³/mol. The Morgan fingerprint density at radius 2 is 1.51 bits per heavy atom. The number of benzene rings is 3. The fourth-order valence-electron chi connectivity index (χ4n) is 4.77. The Balaban J connectivity index is 1.67. The van der Waals surface area contributed by atoms with Gasteiger partial charge >= 0.3 is 0 Å². The zero-order valence-electron chi connectivity index (χ0n) is 24.1. The number of halogens is 1. The van der Waals surface area contributed by atoms with Crippen LogP contribution >= 0.6 is 0 Å². The van der Waals surface area contributed by atoms with Crippen molar-refractivity contribution in [2.24, 2.45) is 11.3 Å². The first-order chi connectivity index (χ1) is 19.5. The maximum absolute atomic E-state index is 14.8. The highest BCUT2D eigenvalue weighted by atomic mass is 19.1. The number of hydrogen-bond donors (Lipinski definition) is 4. The molecule has 41 heavy (non-hydrogen) atoms. The Bertz CT molecular complexity index is 1310. The molecule has 8 heteroatoms. The maximum Gasteiger partial charge on any atom is 0.244 e. The van der Waals surface area contributed by atoms with E-state index >= 15 is 0 Å². The number of amides is 3. The molecular formula is C33H40FN3O4. The van der Waals surface area contributed by atoms with Crippen molar-refractivity contribution in [2.45, 2.75) is 65.5 Å². The summed E-state index contributed by atoms with van der Waals surface area (Å²) in [5.74, 6) is -2.60. The Morgan fingerprint density at radius 1 is 0.878 bits per heavy atom. The van der Waals surface area contributed by atoms with Crippen LogP contribution in [0.3, 0.4) is 0 Å². The molecule has 3 aromatic rings. The minimum Gasteiger partial charge on any atom is -0.348 e. The van der Waals surface area contributed by atoms with Gasteiger partial charge in [-0.05, 0) is 54.4 Å². The van der Waals surface area contributed by atoms with Crippen LogP contribution in [-0.2, 0) is 20.8 Å². The Hall–Kier alpha value is -4.04. The molecule has 0 heterocycles. The van der Waals surface area contributed by atoms with E-state index in [1.54, 1.807) is 11.5 Å². The average Bonchev–Trinajstić information content (AvgIpc) is 2.95. The van der Waals surface area contributed by atoms with Crippen molar-refractivity contribution in [1.82, 2.24) is 16.1 Å². The highest BCUT2D eigenvalue weighted by molar-refractivity contribution is 5.91. The molecule has 0 aliphatic heterocycles. The molecular weight excluding hydrogens is 521 g/mol. The lowest BCUT2D eigenvalue weighted by atomic mass is 9.85. The van der Waals surface area contributed by atoms with Gasteiger partial charge in [-0.15, -0.1) is 0 Å². The third-order valence-corrected chi connectivity index (χ3v) is 7.14. The van der Waals surface area contributed by atoms with Gasteiger partial charge in [0, 0.05) is 17.9 Å². The van der Waals surface area contributed by atoms with Gasteiger partial charge in [-0.25, -0.2) is 9.87 Å². The van der Waals surface area contributed by atoms with E-state index in [9.17, 15) is 18.8 Å². The van der Waals surface area contributed by atoms with Crippen molar-refractivity contribution in [3.8, 4) is 11.1 Å². The van der Waals surface area contributed by atoms with Crippen LogP contribution in [0.15, 0.2) is 78.9 Å². The maximum atomic E-state index is 14.8. The predicted octanol–water partition coefficient (Wildman–Crippen LogP) is 5.74. The fourth-order valence-corrected chi connectivity index (χ4v) is 4.77. The molecule has 0 spiro atoms. The van der Waals surface area contributed by atoms with Crippen LogP contribution in [0.25, 0.3) is 11.1 Å². The summed E-state index contributed by atoms with van der Waals surface area (Å²) in [6.45, 7) is 7.44. The van der Waals surface area contributed by atoms with Gasteiger partial charge in [0.1, 0.15) is 11.9 Å². The summed E-state index contributed by atoms with van der Waals surface area (Å²) < 4.78 is 14.8. The topological polar surface area (TPSA) is 108 Å². The molecule has 0 saturated carbocycles. The second kappa shape index (κ2) is 14.6. The number of carbonyl (C=O) groups excluding carboxylic acids is 3. The molecule has 218 valence electrons. The van der Waals surface area contributed by atoms with Gasteiger partial charge in [-0.2, -0.15) is 0 Å². The molecule has 3 aromatic carbocycles. The van der Waals surface area contributed by atoms with Crippen molar-refractivity contribution in [1.29, 1.82) is 0 Å². The van der Waals surface area contributed by atoms with Crippen molar-refractivity contribution < 1.29 is 24.0 Å². The number of nitrogens with one attached hydrogen (secondary N) is 3. The molecule has 0 aliphatic rings. The highest BCUT2D eigenvalue weighted by Crippen LogP contribution is 2.26. The quantitative estimate of drug-likeness (QED) is 0.167. The molecule has 0 saturated heterocycles. The minimum absolute atomic E-state index is 0.247. The molecule has 3 amide bonds. The SMILES string of the molecule is C[C@@H](NC(=O)[C@@H](NC(=O)[C@H](CCCc1ccc(-c2ccccc2)c(F)c1)CC(=O)NO)C(C)(C)C)c1ccccc1. The Kier molecular flexibility index (Phi) is 11.2. The molecule has 0 aliphatic carbocycles. The van der Waals surface area contributed by atoms with Crippen LogP contribution in [-0.4, -0.2) is 29.0 Å². The van der Waals surface area contributed by atoms with Gasteiger partial charge in [0.25, 0.3) is 0 Å². The monoisotopic (exact) mass is 561 g/mol. The summed E-state index contributed by atoms with van der Waals surface area (Å²) in [6, 6.07) is 22.8. The van der Waals surface area contributed by atoms with Crippen molar-refractivity contribution in [3.63, 3.8) is 0 Å². The van der Waals surface area contributed by atoms with Crippen LogP contribution in [0.5, 0.6) is 0 Å². The number of hydroxylamine groups is 1. The van der Waals surface area contributed by atoms with Gasteiger partial charge in [0.05, 0.1) is 6.04 Å². The van der Waals surface area contributed by atoms with E-state index < -0.39 is 29.2 Å². The Morgan fingerprint density at radius 3 is 2.10 bits per heavy atom. The van der Waals surface area contributed by atoms with Crippen LogP contribution in [0, 0.1) is 17.2 Å². The summed E-state index contributed by atoms with van der Waals surface area (Å²) in [7, 11) is 0.